The highest BCUT2D eigenvalue weighted by atomic mass is 127. The van der Waals surface area contributed by atoms with Gasteiger partial charge in [0.15, 0.2) is 0 Å². The number of halogens is 1. The van der Waals surface area contributed by atoms with E-state index in [-0.39, 0.29) is 6.10 Å². The molecule has 0 spiro atoms. The topological polar surface area (TPSA) is 9.23 Å². The standard InChI is InChI=1S/C8H15IOSi/c1-5-11(6-2,7-9)10-8(3)4/h5-6,8H,1-2,7H2,3-4H3. The van der Waals surface area contributed by atoms with Crippen LogP contribution in [0.5, 0.6) is 0 Å². The van der Waals surface area contributed by atoms with Crippen molar-refractivity contribution in [3.63, 3.8) is 0 Å². The summed E-state index contributed by atoms with van der Waals surface area (Å²) < 4.78 is 6.78. The van der Waals surface area contributed by atoms with E-state index < -0.39 is 8.32 Å². The van der Waals surface area contributed by atoms with Crippen molar-refractivity contribution < 1.29 is 4.43 Å². The van der Waals surface area contributed by atoms with E-state index in [1.807, 2.05) is 25.2 Å². The van der Waals surface area contributed by atoms with Gasteiger partial charge in [-0.1, -0.05) is 34.0 Å². The molecule has 0 aromatic carbocycles. The Kier molecular flexibility index (Phi) is 5.29. The minimum Gasteiger partial charge on any atom is -0.406 e. The van der Waals surface area contributed by atoms with Crippen molar-refractivity contribution in [1.82, 2.24) is 0 Å². The highest BCUT2D eigenvalue weighted by Crippen LogP contribution is 2.13. The lowest BCUT2D eigenvalue weighted by Gasteiger charge is -2.24. The summed E-state index contributed by atoms with van der Waals surface area (Å²) in [7, 11) is -1.77. The molecule has 0 bridgehead atoms. The van der Waals surface area contributed by atoms with Gasteiger partial charge in [-0.25, -0.2) is 0 Å². The second kappa shape index (κ2) is 5.11. The van der Waals surface area contributed by atoms with E-state index in [1.165, 1.54) is 0 Å². The number of alkyl halides is 1. The molecule has 11 heavy (non-hydrogen) atoms. The molecule has 64 valence electrons. The predicted octanol–water partition coefficient (Wildman–Crippen LogP) is 2.78. The lowest BCUT2D eigenvalue weighted by Crippen LogP contribution is -2.39. The van der Waals surface area contributed by atoms with Gasteiger partial charge in [0.1, 0.15) is 0 Å². The van der Waals surface area contributed by atoms with Crippen molar-refractivity contribution in [2.45, 2.75) is 20.0 Å². The minimum atomic E-state index is -1.77. The van der Waals surface area contributed by atoms with Crippen molar-refractivity contribution in [1.29, 1.82) is 0 Å². The van der Waals surface area contributed by atoms with Crippen LogP contribution in [0.4, 0.5) is 0 Å². The smallest absolute Gasteiger partial charge is 0.250 e. The summed E-state index contributed by atoms with van der Waals surface area (Å²) in [6.45, 7) is 11.7. The molecule has 0 rings (SSSR count). The van der Waals surface area contributed by atoms with Crippen LogP contribution < -0.4 is 0 Å². The Morgan fingerprint density at radius 2 is 1.91 bits per heavy atom. The normalized spacial score (nSPS) is 11.6. The molecule has 0 aliphatic heterocycles. The third kappa shape index (κ3) is 3.53. The molecular formula is C8H15IOSi. The first-order valence-electron chi connectivity index (χ1n) is 3.61. The maximum atomic E-state index is 5.78. The second-order valence-corrected chi connectivity index (χ2v) is 8.18. The van der Waals surface area contributed by atoms with Gasteiger partial charge in [-0.3, -0.25) is 0 Å². The molecule has 0 aliphatic rings. The van der Waals surface area contributed by atoms with Gasteiger partial charge < -0.3 is 4.43 Å². The summed E-state index contributed by atoms with van der Waals surface area (Å²) in [5.41, 5.74) is 3.87. The highest BCUT2D eigenvalue weighted by molar-refractivity contribution is 14.1. The van der Waals surface area contributed by atoms with E-state index in [1.54, 1.807) is 0 Å². The summed E-state index contributed by atoms with van der Waals surface area (Å²) in [5, 5.41) is 0. The SMILES string of the molecule is C=C[Si](C=C)(CI)OC(C)C. The molecule has 1 nitrogen and oxygen atoms in total. The van der Waals surface area contributed by atoms with Gasteiger partial charge in [-0.2, -0.15) is 0 Å². The number of rotatable bonds is 5. The van der Waals surface area contributed by atoms with Crippen LogP contribution in [0.3, 0.4) is 0 Å². The molecule has 0 atom stereocenters. The molecule has 0 unspecified atom stereocenters. The van der Waals surface area contributed by atoms with Gasteiger partial charge in [-0.05, 0) is 13.8 Å². The maximum Gasteiger partial charge on any atom is 0.250 e. The molecule has 0 aromatic rings. The number of hydrogen-bond donors (Lipinski definition) is 0. The fourth-order valence-corrected chi connectivity index (χ4v) is 4.68. The van der Waals surface area contributed by atoms with Crippen molar-refractivity contribution in [3.8, 4) is 0 Å². The molecule has 0 aromatic heterocycles. The summed E-state index contributed by atoms with van der Waals surface area (Å²) in [6, 6.07) is 0. The van der Waals surface area contributed by atoms with Crippen molar-refractivity contribution in [2.75, 3.05) is 4.05 Å². The van der Waals surface area contributed by atoms with Crippen LogP contribution >= 0.6 is 22.6 Å². The third-order valence-electron chi connectivity index (χ3n) is 1.36. The molecule has 0 fully saturated rings. The first-order chi connectivity index (χ1) is 5.10. The Bertz CT molecular complexity index is 137. The van der Waals surface area contributed by atoms with Crippen LogP contribution in [0.1, 0.15) is 13.8 Å². The third-order valence-corrected chi connectivity index (χ3v) is 7.64. The largest absolute Gasteiger partial charge is 0.406 e. The fourth-order valence-electron chi connectivity index (χ4n) is 0.759. The molecule has 0 saturated heterocycles. The average molecular weight is 282 g/mol. The van der Waals surface area contributed by atoms with E-state index in [0.29, 0.717) is 0 Å². The maximum absolute atomic E-state index is 5.78. The van der Waals surface area contributed by atoms with Crippen LogP contribution in [0.2, 0.25) is 0 Å². The minimum absolute atomic E-state index is 0.271. The quantitative estimate of drug-likeness (QED) is 0.428. The van der Waals surface area contributed by atoms with E-state index in [4.69, 9.17) is 4.43 Å². The first kappa shape index (κ1) is 11.4. The fraction of sp³-hybridized carbons (Fsp3) is 0.500. The van der Waals surface area contributed by atoms with Crippen LogP contribution in [-0.4, -0.2) is 18.5 Å². The Labute approximate surface area is 83.8 Å². The van der Waals surface area contributed by atoms with Gasteiger partial charge in [0, 0.05) is 10.2 Å². The summed E-state index contributed by atoms with van der Waals surface area (Å²) in [4.78, 5) is 0. The zero-order chi connectivity index (χ0) is 8.91. The monoisotopic (exact) mass is 282 g/mol. The molecule has 0 radical (unpaired) electrons. The molecular weight excluding hydrogens is 267 g/mol. The van der Waals surface area contributed by atoms with E-state index in [9.17, 15) is 0 Å². The average Bonchev–Trinajstić information content (AvgIpc) is 2.00. The molecule has 0 N–H and O–H groups in total. The lowest BCUT2D eigenvalue weighted by atomic mass is 10.5. The highest BCUT2D eigenvalue weighted by Gasteiger charge is 2.27. The van der Waals surface area contributed by atoms with Gasteiger partial charge in [-0.15, -0.1) is 13.2 Å². The van der Waals surface area contributed by atoms with E-state index in [0.717, 1.165) is 4.05 Å². The summed E-state index contributed by atoms with van der Waals surface area (Å²) in [6.07, 6.45) is 0.271. The van der Waals surface area contributed by atoms with Gasteiger partial charge in [0.05, 0.1) is 0 Å². The van der Waals surface area contributed by atoms with Crippen LogP contribution in [0, 0.1) is 0 Å². The molecule has 0 heterocycles. The second-order valence-electron chi connectivity index (χ2n) is 2.66. The Hall–Kier alpha value is 0.387. The predicted molar refractivity (Wildman–Crippen MR) is 61.3 cm³/mol. The summed E-state index contributed by atoms with van der Waals surface area (Å²) in [5.74, 6) is 0. The van der Waals surface area contributed by atoms with Crippen LogP contribution in [0.15, 0.2) is 24.6 Å². The van der Waals surface area contributed by atoms with Crippen molar-refractivity contribution >= 4 is 30.9 Å². The van der Waals surface area contributed by atoms with E-state index >= 15 is 0 Å². The van der Waals surface area contributed by atoms with E-state index in [2.05, 4.69) is 35.7 Å². The Balaban J connectivity index is 4.28. The Morgan fingerprint density at radius 1 is 1.45 bits per heavy atom. The van der Waals surface area contributed by atoms with Crippen molar-refractivity contribution in [2.24, 2.45) is 0 Å². The lowest BCUT2D eigenvalue weighted by molar-refractivity contribution is 0.240. The number of hydrogen-bond acceptors (Lipinski definition) is 1. The van der Waals surface area contributed by atoms with Crippen LogP contribution in [0.25, 0.3) is 0 Å². The molecule has 0 saturated carbocycles. The van der Waals surface area contributed by atoms with Crippen molar-refractivity contribution in [3.05, 3.63) is 24.6 Å². The Morgan fingerprint density at radius 3 is 2.00 bits per heavy atom. The summed E-state index contributed by atoms with van der Waals surface area (Å²) >= 11 is 2.33. The van der Waals surface area contributed by atoms with Gasteiger partial charge in [0.2, 0.25) is 8.32 Å². The molecule has 3 heteroatoms. The molecule has 0 amide bonds. The zero-order valence-corrected chi connectivity index (χ0v) is 10.3. The van der Waals surface area contributed by atoms with Gasteiger partial charge >= 0.3 is 0 Å². The van der Waals surface area contributed by atoms with Crippen LogP contribution in [-0.2, 0) is 4.43 Å². The zero-order valence-electron chi connectivity index (χ0n) is 7.14. The van der Waals surface area contributed by atoms with Gasteiger partial charge in [0.25, 0.3) is 0 Å². The molecule has 0 aliphatic carbocycles. The first-order valence-corrected chi connectivity index (χ1v) is 7.40.